The summed E-state index contributed by atoms with van der Waals surface area (Å²) in [6.07, 6.45) is 0. The predicted octanol–water partition coefficient (Wildman–Crippen LogP) is 1.08. The summed E-state index contributed by atoms with van der Waals surface area (Å²) in [5.74, 6) is 0.843. The highest BCUT2D eigenvalue weighted by Gasteiger charge is 2.53. The van der Waals surface area contributed by atoms with Crippen molar-refractivity contribution in [3.8, 4) is 0 Å². The van der Waals surface area contributed by atoms with Gasteiger partial charge in [-0.05, 0) is 39.3 Å². The normalized spacial score (nSPS) is 24.7. The number of hydrogen-bond acceptors (Lipinski definition) is 5. The zero-order chi connectivity index (χ0) is 14.5. The lowest BCUT2D eigenvalue weighted by atomic mass is 9.77. The second-order valence-corrected chi connectivity index (χ2v) is 6.53. The molecule has 0 amide bonds. The van der Waals surface area contributed by atoms with Gasteiger partial charge in [-0.25, -0.2) is 4.98 Å². The minimum Gasteiger partial charge on any atom is -0.398 e. The van der Waals surface area contributed by atoms with Crippen molar-refractivity contribution >= 4 is 18.5 Å². The zero-order valence-corrected chi connectivity index (χ0v) is 12.5. The molecule has 0 spiro atoms. The quantitative estimate of drug-likeness (QED) is 0.819. The first-order valence-corrected chi connectivity index (χ1v) is 7.00. The third-order valence-corrected chi connectivity index (χ3v) is 4.53. The Kier molecular flexibility index (Phi) is 3.08. The van der Waals surface area contributed by atoms with Gasteiger partial charge in [-0.2, -0.15) is 0 Å². The molecular formula is C14H21BN2O3. The largest absolute Gasteiger partial charge is 0.514 e. The lowest BCUT2D eigenvalue weighted by Gasteiger charge is -2.32. The maximum Gasteiger partial charge on any atom is 0.514 e. The lowest BCUT2D eigenvalue weighted by molar-refractivity contribution is 0.00578. The summed E-state index contributed by atoms with van der Waals surface area (Å²) in [7, 11) is -0.473. The Balaban J connectivity index is 1.96. The molecule has 2 aliphatic heterocycles. The first-order chi connectivity index (χ1) is 9.30. The van der Waals surface area contributed by atoms with Crippen LogP contribution in [0, 0.1) is 0 Å². The van der Waals surface area contributed by atoms with Crippen LogP contribution in [0.1, 0.15) is 39.2 Å². The second-order valence-electron chi connectivity index (χ2n) is 6.53. The molecule has 0 unspecified atom stereocenters. The topological polar surface area (TPSA) is 66.6 Å². The predicted molar refractivity (Wildman–Crippen MR) is 77.9 cm³/mol. The van der Waals surface area contributed by atoms with Crippen LogP contribution >= 0.6 is 0 Å². The van der Waals surface area contributed by atoms with Crippen LogP contribution in [0.5, 0.6) is 0 Å². The van der Waals surface area contributed by atoms with Crippen molar-refractivity contribution in [1.29, 1.82) is 0 Å². The van der Waals surface area contributed by atoms with Crippen molar-refractivity contribution in [1.82, 2.24) is 4.98 Å². The van der Waals surface area contributed by atoms with Crippen molar-refractivity contribution in [3.05, 3.63) is 17.7 Å². The smallest absolute Gasteiger partial charge is 0.398 e. The summed E-state index contributed by atoms with van der Waals surface area (Å²) >= 11 is 0. The number of ether oxygens (including phenoxy) is 1. The van der Waals surface area contributed by atoms with E-state index in [9.17, 15) is 0 Å². The molecule has 108 valence electrons. The van der Waals surface area contributed by atoms with E-state index < -0.39 is 7.12 Å². The van der Waals surface area contributed by atoms with Crippen molar-refractivity contribution in [2.24, 2.45) is 0 Å². The van der Waals surface area contributed by atoms with E-state index in [0.29, 0.717) is 11.7 Å². The van der Waals surface area contributed by atoms with Gasteiger partial charge in [-0.3, -0.25) is 0 Å². The molecule has 2 fully saturated rings. The number of pyridine rings is 1. The van der Waals surface area contributed by atoms with E-state index in [1.54, 1.807) is 0 Å². The molecule has 5 nitrogen and oxygen atoms in total. The average Bonchev–Trinajstić information content (AvgIpc) is 2.48. The number of nitrogens with zero attached hydrogens (tertiary/aromatic N) is 1. The van der Waals surface area contributed by atoms with Gasteiger partial charge in [0.2, 0.25) is 0 Å². The van der Waals surface area contributed by atoms with E-state index in [0.717, 1.165) is 24.4 Å². The van der Waals surface area contributed by atoms with Gasteiger partial charge in [0.15, 0.2) is 0 Å². The average molecular weight is 276 g/mol. The molecule has 0 aromatic carbocycles. The third kappa shape index (κ3) is 2.12. The van der Waals surface area contributed by atoms with E-state index in [1.807, 2.05) is 39.8 Å². The van der Waals surface area contributed by atoms with Crippen LogP contribution in [-0.2, 0) is 14.0 Å². The number of hydrogen-bond donors (Lipinski definition) is 1. The van der Waals surface area contributed by atoms with Crippen LogP contribution in [0.2, 0.25) is 0 Å². The van der Waals surface area contributed by atoms with Gasteiger partial charge in [0, 0.05) is 5.92 Å². The minimum atomic E-state index is -0.473. The molecule has 0 aliphatic carbocycles. The highest BCUT2D eigenvalue weighted by Crippen LogP contribution is 2.37. The molecule has 2 aliphatic rings. The summed E-state index contributed by atoms with van der Waals surface area (Å²) in [4.78, 5) is 4.46. The highest BCUT2D eigenvalue weighted by molar-refractivity contribution is 6.61. The van der Waals surface area contributed by atoms with E-state index in [4.69, 9.17) is 19.8 Å². The van der Waals surface area contributed by atoms with Gasteiger partial charge in [0.25, 0.3) is 0 Å². The van der Waals surface area contributed by atoms with E-state index >= 15 is 0 Å². The Hall–Kier alpha value is -1.11. The first kappa shape index (κ1) is 13.9. The Morgan fingerprint density at radius 3 is 2.25 bits per heavy atom. The SMILES string of the molecule is CC1(C)OB(c2nc(N)ccc2C2COC2)OC1(C)C. The van der Waals surface area contributed by atoms with Crippen molar-refractivity contribution in [2.75, 3.05) is 18.9 Å². The molecular weight excluding hydrogens is 255 g/mol. The maximum atomic E-state index is 6.08. The minimum absolute atomic E-state index is 0.358. The number of anilines is 1. The zero-order valence-electron chi connectivity index (χ0n) is 12.5. The van der Waals surface area contributed by atoms with Crippen molar-refractivity contribution < 1.29 is 14.0 Å². The summed E-state index contributed by atoms with van der Waals surface area (Å²) < 4.78 is 17.4. The standard InChI is InChI=1S/C14H21BN2O3/c1-13(2)14(3,4)20-15(19-13)12-10(9-7-18-8-9)5-6-11(16)17-12/h5-6,9H,7-8H2,1-4H3,(H2,16,17). The first-order valence-electron chi connectivity index (χ1n) is 7.00. The van der Waals surface area contributed by atoms with Crippen molar-refractivity contribution in [3.63, 3.8) is 0 Å². The van der Waals surface area contributed by atoms with Crippen LogP contribution in [0.4, 0.5) is 5.82 Å². The van der Waals surface area contributed by atoms with Crippen LogP contribution in [0.25, 0.3) is 0 Å². The van der Waals surface area contributed by atoms with Crippen LogP contribution < -0.4 is 11.3 Å². The van der Waals surface area contributed by atoms with E-state index in [2.05, 4.69) is 4.98 Å². The molecule has 6 heteroatoms. The Labute approximate surface area is 119 Å². The Morgan fingerprint density at radius 2 is 1.75 bits per heavy atom. The molecule has 0 saturated carbocycles. The molecule has 3 rings (SSSR count). The van der Waals surface area contributed by atoms with Crippen LogP contribution in [0.3, 0.4) is 0 Å². The van der Waals surface area contributed by atoms with Crippen LogP contribution in [0.15, 0.2) is 12.1 Å². The third-order valence-electron chi connectivity index (χ3n) is 4.53. The number of rotatable bonds is 2. The molecule has 20 heavy (non-hydrogen) atoms. The molecule has 3 heterocycles. The van der Waals surface area contributed by atoms with Gasteiger partial charge in [-0.15, -0.1) is 0 Å². The maximum absolute atomic E-state index is 6.08. The summed E-state index contributed by atoms with van der Waals surface area (Å²) in [6, 6.07) is 3.83. The Morgan fingerprint density at radius 1 is 1.15 bits per heavy atom. The second kappa shape index (κ2) is 4.45. The number of nitrogen functional groups attached to an aromatic ring is 1. The molecule has 1 aromatic rings. The molecule has 2 saturated heterocycles. The van der Waals surface area contributed by atoms with Crippen molar-refractivity contribution in [2.45, 2.75) is 44.8 Å². The van der Waals surface area contributed by atoms with Gasteiger partial charge in [0.1, 0.15) is 5.82 Å². The van der Waals surface area contributed by atoms with Crippen LogP contribution in [-0.4, -0.2) is 36.5 Å². The Bertz CT molecular complexity index is 513. The summed E-state index contributed by atoms with van der Waals surface area (Å²) in [5.41, 5.74) is 6.98. The molecule has 0 bridgehead atoms. The highest BCUT2D eigenvalue weighted by atomic mass is 16.7. The molecule has 0 radical (unpaired) electrons. The molecule has 0 atom stereocenters. The van der Waals surface area contributed by atoms with Gasteiger partial charge in [0.05, 0.1) is 30.0 Å². The van der Waals surface area contributed by atoms with Gasteiger partial charge >= 0.3 is 7.12 Å². The monoisotopic (exact) mass is 276 g/mol. The summed E-state index contributed by atoms with van der Waals surface area (Å²) in [5, 5.41) is 0. The van der Waals surface area contributed by atoms with Gasteiger partial charge in [-0.1, -0.05) is 6.07 Å². The fraction of sp³-hybridized carbons (Fsp3) is 0.643. The molecule has 2 N–H and O–H groups in total. The van der Waals surface area contributed by atoms with E-state index in [1.165, 1.54) is 0 Å². The summed E-state index contributed by atoms with van der Waals surface area (Å²) in [6.45, 7) is 9.57. The lowest BCUT2D eigenvalue weighted by Crippen LogP contribution is -2.42. The van der Waals surface area contributed by atoms with E-state index in [-0.39, 0.29) is 11.2 Å². The molecule has 1 aromatic heterocycles. The fourth-order valence-electron chi connectivity index (χ4n) is 2.41. The van der Waals surface area contributed by atoms with Gasteiger partial charge < -0.3 is 19.8 Å². The fourth-order valence-corrected chi connectivity index (χ4v) is 2.41. The number of aromatic nitrogens is 1. The number of nitrogens with two attached hydrogens (primary N) is 1.